The molecule has 20 heavy (non-hydrogen) atoms. The van der Waals surface area contributed by atoms with Gasteiger partial charge in [0.15, 0.2) is 11.6 Å². The van der Waals surface area contributed by atoms with E-state index in [0.717, 1.165) is 5.56 Å². The number of ether oxygens (including phenoxy) is 2. The molecule has 0 spiro atoms. The highest BCUT2D eigenvalue weighted by Crippen LogP contribution is 2.19. The van der Waals surface area contributed by atoms with E-state index in [1.165, 1.54) is 6.07 Å². The Bertz CT molecular complexity index is 440. The van der Waals surface area contributed by atoms with Crippen LogP contribution in [0.5, 0.6) is 5.75 Å². The highest BCUT2D eigenvalue weighted by Gasteiger charge is 2.11. The summed E-state index contributed by atoms with van der Waals surface area (Å²) in [7, 11) is 1.63. The quantitative estimate of drug-likeness (QED) is 0.665. The van der Waals surface area contributed by atoms with Crippen LogP contribution in [0.1, 0.15) is 12.5 Å². The largest absolute Gasteiger partial charge is 0.490 e. The van der Waals surface area contributed by atoms with Gasteiger partial charge in [-0.15, -0.1) is 0 Å². The van der Waals surface area contributed by atoms with Gasteiger partial charge >= 0.3 is 0 Å². The van der Waals surface area contributed by atoms with E-state index < -0.39 is 17.6 Å². The summed E-state index contributed by atoms with van der Waals surface area (Å²) >= 11 is 0. The zero-order valence-corrected chi connectivity index (χ0v) is 11.8. The van der Waals surface area contributed by atoms with Crippen molar-refractivity contribution in [1.29, 1.82) is 0 Å². The van der Waals surface area contributed by atoms with Gasteiger partial charge in [0.25, 0.3) is 0 Å². The molecule has 5 nitrogen and oxygen atoms in total. The molecule has 1 aromatic rings. The number of halogens is 1. The zero-order chi connectivity index (χ0) is 15.0. The summed E-state index contributed by atoms with van der Waals surface area (Å²) in [5, 5.41) is 3.12. The molecular weight excluding hydrogens is 263 g/mol. The number of nitrogens with two attached hydrogens (primary N) is 1. The second-order valence-electron chi connectivity index (χ2n) is 4.55. The van der Waals surface area contributed by atoms with Gasteiger partial charge in [0.2, 0.25) is 5.91 Å². The third-order valence-corrected chi connectivity index (χ3v) is 2.78. The number of hydrogen-bond acceptors (Lipinski definition) is 4. The molecule has 1 atom stereocenters. The Kier molecular flexibility index (Phi) is 6.97. The van der Waals surface area contributed by atoms with Gasteiger partial charge in [-0.1, -0.05) is 13.0 Å². The molecule has 0 fully saturated rings. The van der Waals surface area contributed by atoms with Crippen LogP contribution in [0.4, 0.5) is 4.39 Å². The molecule has 0 aliphatic heterocycles. The lowest BCUT2D eigenvalue weighted by Gasteiger charge is -2.11. The minimum Gasteiger partial charge on any atom is -0.490 e. The van der Waals surface area contributed by atoms with Crippen LogP contribution < -0.4 is 15.8 Å². The highest BCUT2D eigenvalue weighted by atomic mass is 19.1. The number of hydrogen-bond donors (Lipinski definition) is 2. The summed E-state index contributed by atoms with van der Waals surface area (Å²) in [5.74, 6) is -1.25. The van der Waals surface area contributed by atoms with Crippen molar-refractivity contribution in [3.8, 4) is 5.75 Å². The standard InChI is InChI=1S/C14H21FN2O3/c1-10(14(16)18)9-20-13-4-3-11(7-12(13)15)8-17-5-6-19-2/h3-4,7,10,17H,5-6,8-9H2,1-2H3,(H2,16,18). The molecule has 1 unspecified atom stereocenters. The first-order valence-electron chi connectivity index (χ1n) is 6.44. The zero-order valence-electron chi connectivity index (χ0n) is 11.8. The topological polar surface area (TPSA) is 73.6 Å². The molecular formula is C14H21FN2O3. The fourth-order valence-electron chi connectivity index (χ4n) is 1.48. The van der Waals surface area contributed by atoms with Gasteiger partial charge in [0, 0.05) is 20.2 Å². The van der Waals surface area contributed by atoms with Crippen LogP contribution in [0.25, 0.3) is 0 Å². The van der Waals surface area contributed by atoms with Crippen LogP contribution in [0.15, 0.2) is 18.2 Å². The SMILES string of the molecule is COCCNCc1ccc(OCC(C)C(N)=O)c(F)c1. The Morgan fingerprint density at radius 1 is 1.50 bits per heavy atom. The minimum atomic E-state index is -0.468. The van der Waals surface area contributed by atoms with Crippen LogP contribution in [0.3, 0.4) is 0 Å². The van der Waals surface area contributed by atoms with E-state index in [2.05, 4.69) is 5.32 Å². The lowest BCUT2D eigenvalue weighted by atomic mass is 10.2. The van der Waals surface area contributed by atoms with Gasteiger partial charge in [-0.25, -0.2) is 4.39 Å². The van der Waals surface area contributed by atoms with Crippen molar-refractivity contribution in [2.75, 3.05) is 26.9 Å². The van der Waals surface area contributed by atoms with Crippen molar-refractivity contribution in [3.05, 3.63) is 29.6 Å². The Balaban J connectivity index is 2.48. The van der Waals surface area contributed by atoms with Crippen molar-refractivity contribution in [3.63, 3.8) is 0 Å². The van der Waals surface area contributed by atoms with E-state index in [4.69, 9.17) is 15.2 Å². The number of carbonyl (C=O) groups excluding carboxylic acids is 1. The van der Waals surface area contributed by atoms with Crippen LogP contribution in [0, 0.1) is 11.7 Å². The van der Waals surface area contributed by atoms with Gasteiger partial charge in [0.05, 0.1) is 19.1 Å². The Morgan fingerprint density at radius 2 is 2.25 bits per heavy atom. The van der Waals surface area contributed by atoms with Gasteiger partial charge in [-0.2, -0.15) is 0 Å². The van der Waals surface area contributed by atoms with Gasteiger partial charge in [-0.05, 0) is 17.7 Å². The summed E-state index contributed by atoms with van der Waals surface area (Å²) < 4.78 is 23.9. The fourth-order valence-corrected chi connectivity index (χ4v) is 1.48. The second kappa shape index (κ2) is 8.50. The fraction of sp³-hybridized carbons (Fsp3) is 0.500. The van der Waals surface area contributed by atoms with Crippen LogP contribution >= 0.6 is 0 Å². The summed E-state index contributed by atoms with van der Waals surface area (Å²) in [6, 6.07) is 4.73. The first kappa shape index (κ1) is 16.4. The first-order chi connectivity index (χ1) is 9.54. The van der Waals surface area contributed by atoms with Crippen molar-refractivity contribution >= 4 is 5.91 Å². The molecule has 112 valence electrons. The predicted molar refractivity (Wildman–Crippen MR) is 73.8 cm³/mol. The Hall–Kier alpha value is -1.66. The van der Waals surface area contributed by atoms with E-state index in [9.17, 15) is 9.18 Å². The van der Waals surface area contributed by atoms with Crippen molar-refractivity contribution in [2.45, 2.75) is 13.5 Å². The molecule has 0 aliphatic rings. The molecule has 0 aromatic heterocycles. The lowest BCUT2D eigenvalue weighted by molar-refractivity contribution is -0.122. The smallest absolute Gasteiger partial charge is 0.223 e. The molecule has 0 aliphatic carbocycles. The average molecular weight is 284 g/mol. The molecule has 6 heteroatoms. The maximum atomic E-state index is 13.8. The van der Waals surface area contributed by atoms with Crippen molar-refractivity contribution < 1.29 is 18.7 Å². The van der Waals surface area contributed by atoms with E-state index >= 15 is 0 Å². The summed E-state index contributed by atoms with van der Waals surface area (Å²) in [5.41, 5.74) is 5.92. The number of rotatable bonds is 9. The van der Waals surface area contributed by atoms with E-state index in [1.54, 1.807) is 26.2 Å². The number of carbonyl (C=O) groups is 1. The molecule has 1 aromatic carbocycles. The number of benzene rings is 1. The highest BCUT2D eigenvalue weighted by molar-refractivity contribution is 5.76. The van der Waals surface area contributed by atoms with Crippen LogP contribution in [-0.2, 0) is 16.1 Å². The molecule has 0 saturated carbocycles. The average Bonchev–Trinajstić information content (AvgIpc) is 2.42. The Labute approximate surface area is 118 Å². The van der Waals surface area contributed by atoms with Crippen molar-refractivity contribution in [2.24, 2.45) is 11.7 Å². The molecule has 1 amide bonds. The third-order valence-electron chi connectivity index (χ3n) is 2.78. The third kappa shape index (κ3) is 5.54. The minimum absolute atomic E-state index is 0.0672. The van der Waals surface area contributed by atoms with Gasteiger partial charge < -0.3 is 20.5 Å². The number of primary amides is 1. The molecule has 3 N–H and O–H groups in total. The molecule has 0 radical (unpaired) electrons. The van der Waals surface area contributed by atoms with Crippen LogP contribution in [0.2, 0.25) is 0 Å². The molecule has 0 heterocycles. The summed E-state index contributed by atoms with van der Waals surface area (Å²) in [6.45, 7) is 3.56. The first-order valence-corrected chi connectivity index (χ1v) is 6.44. The second-order valence-corrected chi connectivity index (χ2v) is 4.55. The maximum absolute atomic E-state index is 13.8. The number of methoxy groups -OCH3 is 1. The predicted octanol–water partition coefficient (Wildman–Crippen LogP) is 1.06. The lowest BCUT2D eigenvalue weighted by Crippen LogP contribution is -2.26. The van der Waals surface area contributed by atoms with Gasteiger partial charge in [0.1, 0.15) is 0 Å². The Morgan fingerprint density at radius 3 is 2.85 bits per heavy atom. The van der Waals surface area contributed by atoms with Gasteiger partial charge in [-0.3, -0.25) is 4.79 Å². The molecule has 1 rings (SSSR count). The molecule has 0 bridgehead atoms. The summed E-state index contributed by atoms with van der Waals surface area (Å²) in [4.78, 5) is 10.9. The van der Waals surface area contributed by atoms with E-state index in [0.29, 0.717) is 19.7 Å². The van der Waals surface area contributed by atoms with Crippen molar-refractivity contribution in [1.82, 2.24) is 5.32 Å². The normalized spacial score (nSPS) is 12.2. The summed E-state index contributed by atoms with van der Waals surface area (Å²) in [6.07, 6.45) is 0. The number of nitrogens with one attached hydrogen (secondary N) is 1. The number of amides is 1. The maximum Gasteiger partial charge on any atom is 0.223 e. The molecule has 0 saturated heterocycles. The van der Waals surface area contributed by atoms with E-state index in [-0.39, 0.29) is 12.4 Å². The van der Waals surface area contributed by atoms with Crippen LogP contribution in [-0.4, -0.2) is 32.8 Å². The monoisotopic (exact) mass is 284 g/mol. The van der Waals surface area contributed by atoms with E-state index in [1.807, 2.05) is 0 Å².